The van der Waals surface area contributed by atoms with Gasteiger partial charge < -0.3 is 0 Å². The van der Waals surface area contributed by atoms with Crippen molar-refractivity contribution < 1.29 is 13.2 Å². The number of sulfonamides is 1. The largest absolute Gasteiger partial charge is 0.299 e. The van der Waals surface area contributed by atoms with Gasteiger partial charge in [-0.1, -0.05) is 17.7 Å². The number of hydrogen-bond donors (Lipinski definition) is 0. The van der Waals surface area contributed by atoms with Crippen LogP contribution >= 0.6 is 0 Å². The topological polar surface area (TPSA) is 54.5 Å². The van der Waals surface area contributed by atoms with Crippen LogP contribution in [0.4, 0.5) is 0 Å². The van der Waals surface area contributed by atoms with Gasteiger partial charge >= 0.3 is 0 Å². The van der Waals surface area contributed by atoms with Gasteiger partial charge in [-0.15, -0.1) is 0 Å². The molecule has 0 bridgehead atoms. The van der Waals surface area contributed by atoms with Crippen LogP contribution in [0.1, 0.15) is 18.9 Å². The Bertz CT molecular complexity index is 635. The van der Waals surface area contributed by atoms with Crippen molar-refractivity contribution in [2.75, 3.05) is 13.1 Å². The molecule has 4 nitrogen and oxygen atoms in total. The molecule has 3 rings (SSSR count). The first-order chi connectivity index (χ1) is 8.86. The summed E-state index contributed by atoms with van der Waals surface area (Å²) in [6.45, 7) is 4.33. The SMILES string of the molecule is CC(=O)C12CC1CN(S(=O)(=O)c1ccc(C)cc1)C2. The van der Waals surface area contributed by atoms with Gasteiger partial charge in [0.05, 0.1) is 4.90 Å². The number of ketones is 1. The summed E-state index contributed by atoms with van der Waals surface area (Å²) >= 11 is 0. The number of fused-ring (bicyclic) bond motifs is 1. The van der Waals surface area contributed by atoms with Crippen LogP contribution in [0.15, 0.2) is 29.2 Å². The Balaban J connectivity index is 1.88. The predicted octanol–water partition coefficient (Wildman–Crippen LogP) is 1.59. The smallest absolute Gasteiger partial charge is 0.243 e. The molecule has 1 heterocycles. The minimum absolute atomic E-state index is 0.124. The lowest BCUT2D eigenvalue weighted by molar-refractivity contribution is -0.121. The molecular weight excluding hydrogens is 262 g/mol. The van der Waals surface area contributed by atoms with Crippen LogP contribution in [0.5, 0.6) is 0 Å². The third-order valence-corrected chi connectivity index (χ3v) is 6.30. The highest BCUT2D eigenvalue weighted by Crippen LogP contribution is 2.59. The number of carbonyl (C=O) groups is 1. The number of aryl methyl sites for hydroxylation is 1. The molecule has 1 saturated carbocycles. The zero-order chi connectivity index (χ0) is 13.8. The molecule has 1 aromatic carbocycles. The molecule has 1 aliphatic heterocycles. The molecule has 0 N–H and O–H groups in total. The Hall–Kier alpha value is -1.20. The Morgan fingerprint density at radius 2 is 1.95 bits per heavy atom. The van der Waals surface area contributed by atoms with Crippen molar-refractivity contribution in [2.45, 2.75) is 25.2 Å². The van der Waals surface area contributed by atoms with Crippen LogP contribution in [0, 0.1) is 18.3 Å². The van der Waals surface area contributed by atoms with Gasteiger partial charge in [0.2, 0.25) is 10.0 Å². The van der Waals surface area contributed by atoms with Gasteiger partial charge in [0, 0.05) is 18.5 Å². The number of benzene rings is 1. The molecule has 2 unspecified atom stereocenters. The maximum absolute atomic E-state index is 12.5. The minimum atomic E-state index is -3.45. The summed E-state index contributed by atoms with van der Waals surface area (Å²) in [5, 5.41) is 0. The molecule has 102 valence electrons. The van der Waals surface area contributed by atoms with Crippen LogP contribution < -0.4 is 0 Å². The van der Waals surface area contributed by atoms with E-state index < -0.39 is 10.0 Å². The third-order valence-electron chi connectivity index (χ3n) is 4.47. The summed E-state index contributed by atoms with van der Waals surface area (Å²) in [4.78, 5) is 12.0. The lowest BCUT2D eigenvalue weighted by atomic mass is 10.0. The molecule has 5 heteroatoms. The van der Waals surface area contributed by atoms with Crippen molar-refractivity contribution >= 4 is 15.8 Å². The van der Waals surface area contributed by atoms with Crippen molar-refractivity contribution in [1.82, 2.24) is 4.31 Å². The molecule has 0 spiro atoms. The van der Waals surface area contributed by atoms with Crippen LogP contribution in [0.2, 0.25) is 0 Å². The van der Waals surface area contributed by atoms with Gasteiger partial charge in [-0.25, -0.2) is 8.42 Å². The summed E-state index contributed by atoms with van der Waals surface area (Å²) in [6, 6.07) is 6.86. The molecule has 1 aliphatic carbocycles. The second kappa shape index (κ2) is 3.90. The lowest BCUT2D eigenvalue weighted by Crippen LogP contribution is -2.33. The first-order valence-corrected chi connectivity index (χ1v) is 7.88. The molecule has 1 saturated heterocycles. The summed E-state index contributed by atoms with van der Waals surface area (Å²) < 4.78 is 26.4. The molecule has 1 aromatic rings. The van der Waals surface area contributed by atoms with E-state index in [0.717, 1.165) is 12.0 Å². The van der Waals surface area contributed by atoms with E-state index in [2.05, 4.69) is 0 Å². The number of nitrogens with zero attached hydrogens (tertiary/aromatic N) is 1. The number of carbonyl (C=O) groups excluding carboxylic acids is 1. The zero-order valence-electron chi connectivity index (χ0n) is 11.1. The number of hydrogen-bond acceptors (Lipinski definition) is 3. The molecule has 0 amide bonds. The Labute approximate surface area is 113 Å². The van der Waals surface area contributed by atoms with Gasteiger partial charge in [0.15, 0.2) is 0 Å². The second-order valence-corrected chi connectivity index (χ2v) is 7.66. The average molecular weight is 279 g/mol. The van der Waals surface area contributed by atoms with E-state index in [1.54, 1.807) is 31.2 Å². The predicted molar refractivity (Wildman–Crippen MR) is 71.2 cm³/mol. The molecular formula is C14H17NO3S. The van der Waals surface area contributed by atoms with Crippen molar-refractivity contribution in [3.8, 4) is 0 Å². The lowest BCUT2D eigenvalue weighted by Gasteiger charge is -2.19. The fraction of sp³-hybridized carbons (Fsp3) is 0.500. The number of piperidine rings is 1. The van der Waals surface area contributed by atoms with E-state index >= 15 is 0 Å². The Morgan fingerprint density at radius 3 is 2.47 bits per heavy atom. The highest BCUT2D eigenvalue weighted by atomic mass is 32.2. The molecule has 0 aromatic heterocycles. The fourth-order valence-corrected chi connectivity index (χ4v) is 4.58. The monoisotopic (exact) mass is 279 g/mol. The van der Waals surface area contributed by atoms with E-state index in [-0.39, 0.29) is 17.1 Å². The van der Waals surface area contributed by atoms with Gasteiger partial charge in [-0.3, -0.25) is 4.79 Å². The van der Waals surface area contributed by atoms with Crippen molar-refractivity contribution in [1.29, 1.82) is 0 Å². The molecule has 2 atom stereocenters. The van der Waals surface area contributed by atoms with Gasteiger partial charge in [0.25, 0.3) is 0 Å². The summed E-state index contributed by atoms with van der Waals surface area (Å²) in [5.41, 5.74) is 0.654. The van der Waals surface area contributed by atoms with Crippen LogP contribution in [0.25, 0.3) is 0 Å². The van der Waals surface area contributed by atoms with Gasteiger partial charge in [0.1, 0.15) is 5.78 Å². The zero-order valence-corrected chi connectivity index (χ0v) is 11.9. The van der Waals surface area contributed by atoms with E-state index in [0.29, 0.717) is 18.0 Å². The van der Waals surface area contributed by atoms with Crippen LogP contribution in [-0.4, -0.2) is 31.6 Å². The molecule has 2 aliphatic rings. The third kappa shape index (κ3) is 1.83. The normalized spacial score (nSPS) is 30.1. The van der Waals surface area contributed by atoms with E-state index in [9.17, 15) is 13.2 Å². The highest BCUT2D eigenvalue weighted by Gasteiger charge is 2.64. The summed E-state index contributed by atoms with van der Waals surface area (Å²) in [7, 11) is -3.45. The number of Topliss-reactive ketones (excluding diaryl/α,β-unsaturated/α-hetero) is 1. The molecule has 2 fully saturated rings. The van der Waals surface area contributed by atoms with Crippen molar-refractivity contribution in [2.24, 2.45) is 11.3 Å². The first kappa shape index (κ1) is 12.8. The standard InChI is InChI=1S/C14H17NO3S/c1-10-3-5-13(6-4-10)19(17,18)15-8-12-7-14(12,9-15)11(2)16/h3-6,12H,7-9H2,1-2H3. The number of rotatable bonds is 3. The molecule has 0 radical (unpaired) electrons. The maximum Gasteiger partial charge on any atom is 0.243 e. The van der Waals surface area contributed by atoms with Crippen LogP contribution in [0.3, 0.4) is 0 Å². The van der Waals surface area contributed by atoms with E-state index in [1.165, 1.54) is 4.31 Å². The van der Waals surface area contributed by atoms with Gasteiger partial charge in [-0.05, 0) is 38.3 Å². The highest BCUT2D eigenvalue weighted by molar-refractivity contribution is 7.89. The Morgan fingerprint density at radius 1 is 1.32 bits per heavy atom. The van der Waals surface area contributed by atoms with Crippen LogP contribution in [-0.2, 0) is 14.8 Å². The summed E-state index contributed by atoms with van der Waals surface area (Å²) in [6.07, 6.45) is 0.849. The van der Waals surface area contributed by atoms with E-state index in [1.807, 2.05) is 6.92 Å². The second-order valence-electron chi connectivity index (χ2n) is 5.72. The quantitative estimate of drug-likeness (QED) is 0.844. The average Bonchev–Trinajstić information content (AvgIpc) is 2.93. The first-order valence-electron chi connectivity index (χ1n) is 6.44. The molecule has 19 heavy (non-hydrogen) atoms. The summed E-state index contributed by atoms with van der Waals surface area (Å²) in [5.74, 6) is 0.351. The maximum atomic E-state index is 12.5. The van der Waals surface area contributed by atoms with Crippen molar-refractivity contribution in [3.63, 3.8) is 0 Å². The minimum Gasteiger partial charge on any atom is -0.299 e. The van der Waals surface area contributed by atoms with Crippen molar-refractivity contribution in [3.05, 3.63) is 29.8 Å². The Kier molecular flexibility index (Phi) is 2.63. The van der Waals surface area contributed by atoms with E-state index in [4.69, 9.17) is 0 Å². The van der Waals surface area contributed by atoms with Gasteiger partial charge in [-0.2, -0.15) is 4.31 Å². The fourth-order valence-electron chi connectivity index (χ4n) is 3.02.